The van der Waals surface area contributed by atoms with E-state index in [2.05, 4.69) is 47.9 Å². The highest BCUT2D eigenvalue weighted by Crippen LogP contribution is 2.46. The maximum Gasteiger partial charge on any atom is 0.418 e. The molecule has 2 aliphatic rings. The van der Waals surface area contributed by atoms with Crippen LogP contribution in [-0.2, 0) is 11.2 Å². The van der Waals surface area contributed by atoms with Gasteiger partial charge >= 0.3 is 6.09 Å². The molecule has 5 nitrogen and oxygen atoms in total. The van der Waals surface area contributed by atoms with Crippen molar-refractivity contribution < 1.29 is 9.53 Å². The molecule has 1 aliphatic heterocycles. The van der Waals surface area contributed by atoms with Crippen molar-refractivity contribution in [1.82, 2.24) is 9.47 Å². The number of carbonyl (C=O) groups is 1. The van der Waals surface area contributed by atoms with Crippen molar-refractivity contribution in [3.63, 3.8) is 0 Å². The Hall–Kier alpha value is -3.10. The molecule has 0 amide bonds. The standard InChI is InChI=1S/C31H37N3O2/c1-7-33-18-23(28(19-33)22-10-12-24(32-6)13-11-22)17-27-25-14-15-34(30(35)36-31(3,4)5)29(25)20(2)16-26(27)21-8-9-21/h10-16,21,23,28H,7-9,17-19H2,1-5H3/t23-,28+/m1/s1. The van der Waals surface area contributed by atoms with Crippen LogP contribution in [0.25, 0.3) is 15.7 Å². The molecule has 2 fully saturated rings. The fourth-order valence-corrected chi connectivity index (χ4v) is 5.93. The smallest absolute Gasteiger partial charge is 0.418 e. The van der Waals surface area contributed by atoms with Gasteiger partial charge in [0.1, 0.15) is 5.60 Å². The quantitative estimate of drug-likeness (QED) is 0.354. The van der Waals surface area contributed by atoms with Crippen LogP contribution in [0.5, 0.6) is 0 Å². The average molecular weight is 484 g/mol. The van der Waals surface area contributed by atoms with Crippen LogP contribution >= 0.6 is 0 Å². The third-order valence-electron chi connectivity index (χ3n) is 7.79. The largest absolute Gasteiger partial charge is 0.443 e. The SMILES string of the molecule is [C-]#[N+]c1ccc([C@@H]2CN(CC)C[C@H]2Cc2c(C3CC3)cc(C)c3c2ccn3C(=O)OC(C)(C)C)cc1. The van der Waals surface area contributed by atoms with E-state index in [-0.39, 0.29) is 6.09 Å². The molecule has 1 aromatic heterocycles. The first-order valence-corrected chi connectivity index (χ1v) is 13.2. The van der Waals surface area contributed by atoms with E-state index in [1.807, 2.05) is 39.1 Å². The van der Waals surface area contributed by atoms with Gasteiger partial charge in [0, 0.05) is 30.6 Å². The van der Waals surface area contributed by atoms with Crippen molar-refractivity contribution in [2.24, 2.45) is 5.92 Å². The maximum absolute atomic E-state index is 13.1. The van der Waals surface area contributed by atoms with Crippen molar-refractivity contribution in [1.29, 1.82) is 0 Å². The summed E-state index contributed by atoms with van der Waals surface area (Å²) in [6.45, 7) is 20.5. The molecule has 5 rings (SSSR count). The zero-order valence-electron chi connectivity index (χ0n) is 22.2. The van der Waals surface area contributed by atoms with E-state index in [0.717, 1.165) is 37.1 Å². The Kier molecular flexibility index (Phi) is 6.43. The molecular formula is C31H37N3O2. The minimum absolute atomic E-state index is 0.318. The number of aryl methyl sites for hydroxylation is 1. The number of nitrogens with zero attached hydrogens (tertiary/aromatic N) is 3. The molecule has 1 saturated heterocycles. The first-order valence-electron chi connectivity index (χ1n) is 13.2. The molecule has 0 bridgehead atoms. The number of fused-ring (bicyclic) bond motifs is 1. The first kappa shape index (κ1) is 24.6. The number of carbonyl (C=O) groups excluding carboxylic acids is 1. The molecule has 1 saturated carbocycles. The molecule has 2 atom stereocenters. The number of ether oxygens (including phenoxy) is 1. The zero-order valence-corrected chi connectivity index (χ0v) is 22.2. The van der Waals surface area contributed by atoms with Gasteiger partial charge in [0.15, 0.2) is 5.69 Å². The molecule has 0 unspecified atom stereocenters. The summed E-state index contributed by atoms with van der Waals surface area (Å²) in [7, 11) is 0. The number of hydrogen-bond donors (Lipinski definition) is 0. The minimum Gasteiger partial charge on any atom is -0.443 e. The fourth-order valence-electron chi connectivity index (χ4n) is 5.93. The predicted molar refractivity (Wildman–Crippen MR) is 145 cm³/mol. The number of likely N-dealkylation sites (tertiary alicyclic amines) is 1. The molecule has 0 N–H and O–H groups in total. The first-order chi connectivity index (χ1) is 17.2. The van der Waals surface area contributed by atoms with Gasteiger partial charge in [-0.1, -0.05) is 37.3 Å². The van der Waals surface area contributed by atoms with Crippen molar-refractivity contribution in [2.75, 3.05) is 19.6 Å². The van der Waals surface area contributed by atoms with E-state index in [1.165, 1.54) is 34.9 Å². The van der Waals surface area contributed by atoms with Crippen molar-refractivity contribution in [3.05, 3.63) is 76.3 Å². The topological polar surface area (TPSA) is 38.8 Å². The third-order valence-corrected chi connectivity index (χ3v) is 7.79. The molecule has 5 heteroatoms. The third kappa shape index (κ3) is 4.80. The lowest BCUT2D eigenvalue weighted by atomic mass is 9.82. The number of rotatable bonds is 5. The Morgan fingerprint density at radius 2 is 1.86 bits per heavy atom. The van der Waals surface area contributed by atoms with Gasteiger partial charge in [-0.3, -0.25) is 4.57 Å². The maximum atomic E-state index is 13.1. The highest BCUT2D eigenvalue weighted by atomic mass is 16.6. The molecule has 188 valence electrons. The number of likely N-dealkylation sites (N-methyl/N-ethyl adjacent to an activating group) is 1. The van der Waals surface area contributed by atoms with Crippen LogP contribution in [0.15, 0.2) is 42.6 Å². The van der Waals surface area contributed by atoms with Crippen molar-refractivity contribution >= 4 is 22.7 Å². The van der Waals surface area contributed by atoms with Crippen LogP contribution in [0.4, 0.5) is 10.5 Å². The second-order valence-corrected chi connectivity index (χ2v) is 11.6. The van der Waals surface area contributed by atoms with E-state index < -0.39 is 5.60 Å². The number of benzene rings is 2. The van der Waals surface area contributed by atoms with Crippen LogP contribution in [0.2, 0.25) is 0 Å². The van der Waals surface area contributed by atoms with Gasteiger partial charge < -0.3 is 9.64 Å². The van der Waals surface area contributed by atoms with E-state index in [1.54, 1.807) is 4.57 Å². The van der Waals surface area contributed by atoms with E-state index in [0.29, 0.717) is 23.4 Å². The lowest BCUT2D eigenvalue weighted by Crippen LogP contribution is -2.26. The summed E-state index contributed by atoms with van der Waals surface area (Å²) in [4.78, 5) is 19.2. The summed E-state index contributed by atoms with van der Waals surface area (Å²) in [5.41, 5.74) is 6.48. The van der Waals surface area contributed by atoms with Crippen LogP contribution in [0.1, 0.15) is 74.6 Å². The summed E-state index contributed by atoms with van der Waals surface area (Å²) < 4.78 is 7.43. The molecule has 36 heavy (non-hydrogen) atoms. The average Bonchev–Trinajstić information content (AvgIpc) is 3.44. The van der Waals surface area contributed by atoms with E-state index in [4.69, 9.17) is 11.3 Å². The second-order valence-electron chi connectivity index (χ2n) is 11.6. The van der Waals surface area contributed by atoms with Crippen LogP contribution in [0.3, 0.4) is 0 Å². The summed E-state index contributed by atoms with van der Waals surface area (Å²) in [5.74, 6) is 1.55. The summed E-state index contributed by atoms with van der Waals surface area (Å²) >= 11 is 0. The van der Waals surface area contributed by atoms with E-state index >= 15 is 0 Å². The Bertz CT molecular complexity index is 1320. The molecule has 2 aromatic carbocycles. The van der Waals surface area contributed by atoms with Gasteiger partial charge in [-0.2, -0.15) is 0 Å². The van der Waals surface area contributed by atoms with Crippen LogP contribution in [-0.4, -0.2) is 40.8 Å². The summed E-state index contributed by atoms with van der Waals surface area (Å²) in [6.07, 6.45) is 5.06. The Morgan fingerprint density at radius 1 is 1.14 bits per heavy atom. The molecule has 1 aliphatic carbocycles. The van der Waals surface area contributed by atoms with Crippen molar-refractivity contribution in [3.8, 4) is 0 Å². The highest BCUT2D eigenvalue weighted by Gasteiger charge is 2.36. The minimum atomic E-state index is -0.540. The van der Waals surface area contributed by atoms with E-state index in [9.17, 15) is 4.79 Å². The summed E-state index contributed by atoms with van der Waals surface area (Å²) in [5, 5.41) is 1.19. The predicted octanol–water partition coefficient (Wildman–Crippen LogP) is 7.44. The van der Waals surface area contributed by atoms with Gasteiger partial charge in [-0.25, -0.2) is 9.64 Å². The molecule has 0 spiro atoms. The van der Waals surface area contributed by atoms with Crippen LogP contribution in [0, 0.1) is 19.4 Å². The number of aromatic nitrogens is 1. The van der Waals surface area contributed by atoms with Gasteiger partial charge in [0.05, 0.1) is 12.1 Å². The fraction of sp³-hybridized carbons (Fsp3) is 0.484. The Balaban J connectivity index is 1.55. The second kappa shape index (κ2) is 9.41. The normalized spacial score (nSPS) is 20.6. The Labute approximate surface area is 214 Å². The molecule has 3 aromatic rings. The molecular weight excluding hydrogens is 446 g/mol. The number of hydrogen-bond acceptors (Lipinski definition) is 3. The highest BCUT2D eigenvalue weighted by molar-refractivity contribution is 5.94. The lowest BCUT2D eigenvalue weighted by Gasteiger charge is -2.23. The van der Waals surface area contributed by atoms with Crippen molar-refractivity contribution in [2.45, 2.75) is 71.3 Å². The van der Waals surface area contributed by atoms with Gasteiger partial charge in [0.25, 0.3) is 0 Å². The lowest BCUT2D eigenvalue weighted by molar-refractivity contribution is 0.0544. The Morgan fingerprint density at radius 3 is 2.47 bits per heavy atom. The molecule has 0 radical (unpaired) electrons. The van der Waals surface area contributed by atoms with Crippen LogP contribution < -0.4 is 0 Å². The molecule has 2 heterocycles. The zero-order chi connectivity index (χ0) is 25.6. The monoisotopic (exact) mass is 483 g/mol. The van der Waals surface area contributed by atoms with Gasteiger partial charge in [0.2, 0.25) is 0 Å². The summed E-state index contributed by atoms with van der Waals surface area (Å²) in [6, 6.07) is 12.7. The van der Waals surface area contributed by atoms with Gasteiger partial charge in [-0.05, 0) is 93.7 Å². The van der Waals surface area contributed by atoms with Gasteiger partial charge in [-0.15, -0.1) is 0 Å².